The van der Waals surface area contributed by atoms with Crippen LogP contribution in [-0.4, -0.2) is 21.6 Å². The minimum atomic E-state index is -0.507. The molecule has 0 spiro atoms. The van der Waals surface area contributed by atoms with Gasteiger partial charge in [0.1, 0.15) is 5.75 Å². The van der Waals surface area contributed by atoms with Crippen molar-refractivity contribution in [3.05, 3.63) is 69.3 Å². The zero-order valence-electron chi connectivity index (χ0n) is 18.1. The lowest BCUT2D eigenvalue weighted by Gasteiger charge is -2.49. The van der Waals surface area contributed by atoms with Gasteiger partial charge in [-0.1, -0.05) is 19.1 Å². The lowest BCUT2D eigenvalue weighted by atomic mass is 9.55. The van der Waals surface area contributed by atoms with Crippen LogP contribution in [0.5, 0.6) is 5.75 Å². The number of phenols is 1. The quantitative estimate of drug-likeness (QED) is 0.528. The highest BCUT2D eigenvalue weighted by molar-refractivity contribution is 5.97. The van der Waals surface area contributed by atoms with Gasteiger partial charge in [-0.2, -0.15) is 5.10 Å². The Morgan fingerprint density at radius 3 is 2.84 bits per heavy atom. The van der Waals surface area contributed by atoms with Crippen LogP contribution in [0.4, 0.5) is 5.69 Å². The van der Waals surface area contributed by atoms with E-state index >= 15 is 0 Å². The molecule has 0 heterocycles. The molecular formula is C25H27N3O4. The Bertz CT molecular complexity index is 1130. The van der Waals surface area contributed by atoms with Gasteiger partial charge in [-0.3, -0.25) is 14.9 Å². The van der Waals surface area contributed by atoms with E-state index in [1.54, 1.807) is 12.1 Å². The highest BCUT2D eigenvalue weighted by Gasteiger charge is 2.53. The van der Waals surface area contributed by atoms with Gasteiger partial charge in [0.2, 0.25) is 0 Å². The summed E-state index contributed by atoms with van der Waals surface area (Å²) in [6.07, 6.45) is 6.14. The van der Waals surface area contributed by atoms with E-state index in [4.69, 9.17) is 0 Å². The molecule has 4 unspecified atom stereocenters. The number of carbonyl (C=O) groups is 1. The number of hydrogen-bond donors (Lipinski definition) is 2. The molecule has 2 N–H and O–H groups in total. The van der Waals surface area contributed by atoms with Gasteiger partial charge in [-0.15, -0.1) is 0 Å². The molecule has 1 amide bonds. The van der Waals surface area contributed by atoms with Crippen LogP contribution in [0.3, 0.4) is 0 Å². The zero-order valence-corrected chi connectivity index (χ0v) is 18.1. The number of hydrogen-bond acceptors (Lipinski definition) is 5. The molecule has 166 valence electrons. The Morgan fingerprint density at radius 1 is 1.19 bits per heavy atom. The molecule has 0 bridgehead atoms. The number of aromatic hydroxyl groups is 1. The van der Waals surface area contributed by atoms with Gasteiger partial charge in [0, 0.05) is 28.8 Å². The van der Waals surface area contributed by atoms with E-state index in [-0.39, 0.29) is 16.7 Å². The van der Waals surface area contributed by atoms with Gasteiger partial charge in [0.15, 0.2) is 0 Å². The predicted molar refractivity (Wildman–Crippen MR) is 121 cm³/mol. The highest BCUT2D eigenvalue weighted by Crippen LogP contribution is 2.59. The smallest absolute Gasteiger partial charge is 0.271 e. The van der Waals surface area contributed by atoms with Gasteiger partial charge >= 0.3 is 0 Å². The first-order chi connectivity index (χ1) is 15.4. The summed E-state index contributed by atoms with van der Waals surface area (Å²) in [5.41, 5.74) is 6.46. The lowest BCUT2D eigenvalue weighted by molar-refractivity contribution is -0.384. The average molecular weight is 434 g/mol. The molecule has 2 saturated carbocycles. The molecule has 2 aromatic carbocycles. The van der Waals surface area contributed by atoms with Gasteiger partial charge in [-0.25, -0.2) is 5.43 Å². The fourth-order valence-corrected chi connectivity index (χ4v) is 6.48. The topological polar surface area (TPSA) is 105 Å². The third-order valence-electron chi connectivity index (χ3n) is 8.06. The van der Waals surface area contributed by atoms with E-state index in [1.807, 2.05) is 6.07 Å². The molecule has 2 fully saturated rings. The number of amides is 1. The summed E-state index contributed by atoms with van der Waals surface area (Å²) in [7, 11) is 0. The molecule has 7 heteroatoms. The fourth-order valence-electron chi connectivity index (χ4n) is 6.48. The molecule has 0 radical (unpaired) electrons. The van der Waals surface area contributed by atoms with Crippen molar-refractivity contribution in [2.45, 2.75) is 51.4 Å². The third-order valence-corrected chi connectivity index (χ3v) is 8.06. The number of nitrogens with one attached hydrogen (secondary N) is 1. The average Bonchev–Trinajstić information content (AvgIpc) is 3.13. The molecule has 3 aliphatic rings. The third kappa shape index (κ3) is 3.36. The summed E-state index contributed by atoms with van der Waals surface area (Å²) < 4.78 is 0. The number of nitrogens with zero attached hydrogens (tertiary/aromatic N) is 2. The number of carbonyl (C=O) groups excluding carboxylic acids is 1. The predicted octanol–water partition coefficient (Wildman–Crippen LogP) is 4.94. The first-order valence-corrected chi connectivity index (χ1v) is 11.3. The second-order valence-corrected chi connectivity index (χ2v) is 9.60. The van der Waals surface area contributed by atoms with E-state index in [0.717, 1.165) is 44.2 Å². The highest BCUT2D eigenvalue weighted by atomic mass is 16.6. The summed E-state index contributed by atoms with van der Waals surface area (Å²) in [6.45, 7) is 2.28. The van der Waals surface area contributed by atoms with Crippen molar-refractivity contribution < 1.29 is 14.8 Å². The van der Waals surface area contributed by atoms with Crippen molar-refractivity contribution in [1.29, 1.82) is 0 Å². The van der Waals surface area contributed by atoms with E-state index in [9.17, 15) is 20.0 Å². The molecule has 0 aromatic heterocycles. The molecule has 7 nitrogen and oxygen atoms in total. The van der Waals surface area contributed by atoms with Crippen molar-refractivity contribution in [2.24, 2.45) is 22.4 Å². The van der Waals surface area contributed by atoms with Crippen LogP contribution in [0.25, 0.3) is 0 Å². The van der Waals surface area contributed by atoms with E-state index < -0.39 is 10.8 Å². The van der Waals surface area contributed by atoms with Crippen molar-refractivity contribution >= 4 is 17.3 Å². The molecule has 4 atom stereocenters. The number of non-ortho nitro benzene ring substituents is 1. The van der Waals surface area contributed by atoms with Gasteiger partial charge in [-0.05, 0) is 85.6 Å². The number of benzene rings is 2. The molecule has 0 saturated heterocycles. The SMILES string of the molecule is CC12CCC3c4ccc(O)cc4CCC3C1CC/C2=N\NC(=O)c1cccc([N+](=O)[O-])c1. The summed E-state index contributed by atoms with van der Waals surface area (Å²) >= 11 is 0. The maximum Gasteiger partial charge on any atom is 0.271 e. The molecule has 3 aliphatic carbocycles. The molecule has 5 rings (SSSR count). The zero-order chi connectivity index (χ0) is 22.5. The van der Waals surface area contributed by atoms with Crippen LogP contribution in [0, 0.1) is 27.4 Å². The molecule has 0 aliphatic heterocycles. The van der Waals surface area contributed by atoms with Gasteiger partial charge in [0.05, 0.1) is 4.92 Å². The van der Waals surface area contributed by atoms with E-state index in [1.165, 1.54) is 29.3 Å². The minimum absolute atomic E-state index is 0.0362. The number of nitro groups is 1. The van der Waals surface area contributed by atoms with E-state index in [2.05, 4.69) is 23.5 Å². The Balaban J connectivity index is 1.34. The van der Waals surface area contributed by atoms with Crippen LogP contribution in [0.1, 0.15) is 66.4 Å². The second kappa shape index (κ2) is 7.73. The van der Waals surface area contributed by atoms with Crippen LogP contribution < -0.4 is 5.43 Å². The molecule has 32 heavy (non-hydrogen) atoms. The first-order valence-electron chi connectivity index (χ1n) is 11.3. The van der Waals surface area contributed by atoms with Crippen LogP contribution in [0.15, 0.2) is 47.6 Å². The van der Waals surface area contributed by atoms with Crippen molar-refractivity contribution in [2.75, 3.05) is 0 Å². The second-order valence-electron chi connectivity index (χ2n) is 9.60. The molecule has 2 aromatic rings. The summed E-state index contributed by atoms with van der Waals surface area (Å²) in [6, 6.07) is 11.5. The Morgan fingerprint density at radius 2 is 2.03 bits per heavy atom. The van der Waals surface area contributed by atoms with Gasteiger partial charge in [0.25, 0.3) is 11.6 Å². The van der Waals surface area contributed by atoms with Crippen molar-refractivity contribution in [3.8, 4) is 5.75 Å². The van der Waals surface area contributed by atoms with Crippen molar-refractivity contribution in [3.63, 3.8) is 0 Å². The number of rotatable bonds is 3. The Hall–Kier alpha value is -3.22. The standard InChI is InChI=1S/C25H27N3O4/c1-25-12-11-20-19-8-6-18(29)14-15(19)5-7-21(20)22(25)9-10-23(25)26-27-24(30)16-3-2-4-17(13-16)28(31)32/h2-4,6,8,13-14,20-22,29H,5,7,9-12H2,1H3,(H,27,30)/b26-23+. The summed E-state index contributed by atoms with van der Waals surface area (Å²) in [5, 5.41) is 25.4. The fraction of sp³-hybridized carbons (Fsp3) is 0.440. The van der Waals surface area contributed by atoms with Crippen LogP contribution >= 0.6 is 0 Å². The van der Waals surface area contributed by atoms with E-state index in [0.29, 0.717) is 23.5 Å². The number of aryl methyl sites for hydroxylation is 1. The largest absolute Gasteiger partial charge is 0.508 e. The number of fused-ring (bicyclic) bond motifs is 5. The Kier molecular flexibility index (Phi) is 4.99. The summed E-state index contributed by atoms with van der Waals surface area (Å²) in [5.74, 6) is 1.56. The maximum absolute atomic E-state index is 12.6. The number of hydrazone groups is 1. The maximum atomic E-state index is 12.6. The monoisotopic (exact) mass is 433 g/mol. The van der Waals surface area contributed by atoms with Crippen molar-refractivity contribution in [1.82, 2.24) is 5.43 Å². The number of phenolic OH excluding ortho intramolecular Hbond substituents is 1. The first kappa shape index (κ1) is 20.7. The van der Waals surface area contributed by atoms with Gasteiger partial charge < -0.3 is 5.11 Å². The minimum Gasteiger partial charge on any atom is -0.508 e. The Labute approximate surface area is 186 Å². The number of nitro benzene ring substituents is 1. The summed E-state index contributed by atoms with van der Waals surface area (Å²) in [4.78, 5) is 23.1. The normalized spacial score (nSPS) is 29.7. The van der Waals surface area contributed by atoms with Crippen LogP contribution in [0.2, 0.25) is 0 Å². The lowest BCUT2D eigenvalue weighted by Crippen LogP contribution is -2.43. The molecular weight excluding hydrogens is 406 g/mol. The van der Waals surface area contributed by atoms with Crippen LogP contribution in [-0.2, 0) is 6.42 Å².